The van der Waals surface area contributed by atoms with Gasteiger partial charge in [-0.15, -0.1) is 0 Å². The Hall–Kier alpha value is -1.75. The SMILES string of the molecule is CC(=O)O.O=C1C=CSc2ccccc2N1. The van der Waals surface area contributed by atoms with Crippen molar-refractivity contribution in [3.63, 3.8) is 0 Å². The topological polar surface area (TPSA) is 66.4 Å². The molecule has 4 nitrogen and oxygen atoms in total. The standard InChI is InChI=1S/C9H7NOS.C2H4O2/c11-9-5-6-12-8-4-2-1-3-7(8)10-9;1-2(3)4/h1-6H,(H,10,11);1H3,(H,3,4). The molecule has 0 aliphatic carbocycles. The average Bonchev–Trinajstić information content (AvgIpc) is 2.37. The van der Waals surface area contributed by atoms with Gasteiger partial charge in [0.2, 0.25) is 5.91 Å². The Kier molecular flexibility index (Phi) is 4.60. The Morgan fingerprint density at radius 3 is 2.69 bits per heavy atom. The quantitative estimate of drug-likeness (QED) is 0.726. The number of aliphatic carboxylic acids is 1. The van der Waals surface area contributed by atoms with Crippen LogP contribution in [0.15, 0.2) is 40.6 Å². The number of carbonyl (C=O) groups excluding carboxylic acids is 1. The number of carbonyl (C=O) groups is 2. The maximum Gasteiger partial charge on any atom is 0.300 e. The molecule has 5 heteroatoms. The van der Waals surface area contributed by atoms with Crippen molar-refractivity contribution in [1.29, 1.82) is 0 Å². The number of amides is 1. The zero-order chi connectivity index (χ0) is 12.0. The van der Waals surface area contributed by atoms with E-state index >= 15 is 0 Å². The van der Waals surface area contributed by atoms with Crippen LogP contribution in [0.2, 0.25) is 0 Å². The predicted octanol–water partition coefficient (Wildman–Crippen LogP) is 2.34. The van der Waals surface area contributed by atoms with Crippen LogP contribution < -0.4 is 5.32 Å². The Balaban J connectivity index is 0.000000280. The van der Waals surface area contributed by atoms with Gasteiger partial charge in [-0.3, -0.25) is 9.59 Å². The van der Waals surface area contributed by atoms with E-state index in [9.17, 15) is 4.79 Å². The molecule has 16 heavy (non-hydrogen) atoms. The summed E-state index contributed by atoms with van der Waals surface area (Å²) in [5.74, 6) is -0.896. The first-order valence-electron chi connectivity index (χ1n) is 4.52. The van der Waals surface area contributed by atoms with Crippen LogP contribution in [0.25, 0.3) is 0 Å². The third-order valence-corrected chi connectivity index (χ3v) is 2.44. The van der Waals surface area contributed by atoms with E-state index < -0.39 is 5.97 Å². The molecule has 0 spiro atoms. The number of fused-ring (bicyclic) bond motifs is 1. The molecular weight excluding hydrogens is 226 g/mol. The van der Waals surface area contributed by atoms with Crippen molar-refractivity contribution in [3.05, 3.63) is 35.7 Å². The fourth-order valence-electron chi connectivity index (χ4n) is 1.02. The summed E-state index contributed by atoms with van der Waals surface area (Å²) in [6.45, 7) is 1.08. The minimum absolute atomic E-state index is 0.0625. The number of para-hydroxylation sites is 1. The number of hydrogen-bond donors (Lipinski definition) is 2. The number of rotatable bonds is 0. The van der Waals surface area contributed by atoms with Crippen molar-refractivity contribution in [2.45, 2.75) is 11.8 Å². The van der Waals surface area contributed by atoms with Crippen LogP contribution >= 0.6 is 11.8 Å². The van der Waals surface area contributed by atoms with Crippen molar-refractivity contribution in [2.24, 2.45) is 0 Å². The first kappa shape index (κ1) is 12.3. The van der Waals surface area contributed by atoms with Gasteiger partial charge in [-0.25, -0.2) is 0 Å². The Labute approximate surface area is 97.4 Å². The number of carboxylic acids is 1. The Morgan fingerprint density at radius 2 is 2.00 bits per heavy atom. The number of carboxylic acid groups (broad SMARTS) is 1. The van der Waals surface area contributed by atoms with Crippen LogP contribution in [0.1, 0.15) is 6.92 Å². The van der Waals surface area contributed by atoms with Gasteiger partial charge in [0.15, 0.2) is 0 Å². The fourth-order valence-corrected chi connectivity index (χ4v) is 1.76. The zero-order valence-electron chi connectivity index (χ0n) is 8.64. The van der Waals surface area contributed by atoms with Gasteiger partial charge in [0.1, 0.15) is 0 Å². The number of nitrogens with one attached hydrogen (secondary N) is 1. The maximum atomic E-state index is 11.0. The lowest BCUT2D eigenvalue weighted by Gasteiger charge is -2.03. The molecule has 0 unspecified atom stereocenters. The second kappa shape index (κ2) is 5.97. The molecule has 84 valence electrons. The normalized spacial score (nSPS) is 12.7. The largest absolute Gasteiger partial charge is 0.481 e. The van der Waals surface area contributed by atoms with E-state index in [0.717, 1.165) is 17.5 Å². The molecule has 0 saturated heterocycles. The molecule has 0 atom stereocenters. The third kappa shape index (κ3) is 4.18. The molecular formula is C11H11NO3S. The number of benzene rings is 1. The monoisotopic (exact) mass is 237 g/mol. The van der Waals surface area contributed by atoms with Crippen molar-refractivity contribution in [1.82, 2.24) is 0 Å². The van der Waals surface area contributed by atoms with E-state index in [-0.39, 0.29) is 5.91 Å². The van der Waals surface area contributed by atoms with Crippen molar-refractivity contribution in [3.8, 4) is 0 Å². The second-order valence-electron chi connectivity index (χ2n) is 2.93. The third-order valence-electron chi connectivity index (χ3n) is 1.56. The summed E-state index contributed by atoms with van der Waals surface area (Å²) < 4.78 is 0. The number of hydrogen-bond acceptors (Lipinski definition) is 3. The van der Waals surface area contributed by atoms with Gasteiger partial charge in [0.05, 0.1) is 5.69 Å². The van der Waals surface area contributed by atoms with Crippen LogP contribution in [0.5, 0.6) is 0 Å². The van der Waals surface area contributed by atoms with Crippen molar-refractivity contribution >= 4 is 29.3 Å². The predicted molar refractivity (Wildman–Crippen MR) is 63.4 cm³/mol. The van der Waals surface area contributed by atoms with Gasteiger partial charge in [0.25, 0.3) is 5.97 Å². The molecule has 0 aromatic heterocycles. The fraction of sp³-hybridized carbons (Fsp3) is 0.0909. The molecule has 0 radical (unpaired) electrons. The average molecular weight is 237 g/mol. The highest BCUT2D eigenvalue weighted by molar-refractivity contribution is 8.02. The molecule has 1 aliphatic rings. The first-order chi connectivity index (χ1) is 7.59. The molecule has 2 N–H and O–H groups in total. The van der Waals surface area contributed by atoms with Gasteiger partial charge in [-0.05, 0) is 17.5 Å². The maximum absolute atomic E-state index is 11.0. The molecule has 1 aromatic rings. The highest BCUT2D eigenvalue weighted by Gasteiger charge is 2.06. The van der Waals surface area contributed by atoms with Gasteiger partial charge in [-0.1, -0.05) is 23.9 Å². The first-order valence-corrected chi connectivity index (χ1v) is 5.40. The smallest absolute Gasteiger partial charge is 0.300 e. The summed E-state index contributed by atoms with van der Waals surface area (Å²) in [6, 6.07) is 7.74. The molecule has 1 aromatic carbocycles. The summed E-state index contributed by atoms with van der Waals surface area (Å²) in [5, 5.41) is 12.0. The summed E-state index contributed by atoms with van der Waals surface area (Å²) in [4.78, 5) is 21.1. The lowest BCUT2D eigenvalue weighted by atomic mass is 10.3. The summed E-state index contributed by atoms with van der Waals surface area (Å²) in [7, 11) is 0. The minimum atomic E-state index is -0.833. The number of anilines is 1. The van der Waals surface area contributed by atoms with Crippen LogP contribution in [0.3, 0.4) is 0 Å². The van der Waals surface area contributed by atoms with E-state index in [0.29, 0.717) is 0 Å². The molecule has 1 amide bonds. The van der Waals surface area contributed by atoms with Gasteiger partial charge < -0.3 is 10.4 Å². The van der Waals surface area contributed by atoms with Gasteiger partial charge in [-0.2, -0.15) is 0 Å². The lowest BCUT2D eigenvalue weighted by Crippen LogP contribution is -2.06. The minimum Gasteiger partial charge on any atom is -0.481 e. The van der Waals surface area contributed by atoms with Crippen LogP contribution in [-0.4, -0.2) is 17.0 Å². The summed E-state index contributed by atoms with van der Waals surface area (Å²) >= 11 is 1.55. The van der Waals surface area contributed by atoms with E-state index in [2.05, 4.69) is 5.32 Å². The summed E-state index contributed by atoms with van der Waals surface area (Å²) in [6.07, 6.45) is 1.53. The second-order valence-corrected chi connectivity index (χ2v) is 3.87. The van der Waals surface area contributed by atoms with E-state index in [1.807, 2.05) is 24.3 Å². The highest BCUT2D eigenvalue weighted by Crippen LogP contribution is 2.29. The van der Waals surface area contributed by atoms with E-state index in [4.69, 9.17) is 9.90 Å². The van der Waals surface area contributed by atoms with Crippen LogP contribution in [0.4, 0.5) is 5.69 Å². The lowest BCUT2D eigenvalue weighted by molar-refractivity contribution is -0.134. The highest BCUT2D eigenvalue weighted by atomic mass is 32.2. The Bertz CT molecular complexity index is 425. The summed E-state index contributed by atoms with van der Waals surface area (Å²) in [5.41, 5.74) is 0.887. The number of thioether (sulfide) groups is 1. The van der Waals surface area contributed by atoms with Crippen LogP contribution in [-0.2, 0) is 9.59 Å². The van der Waals surface area contributed by atoms with Gasteiger partial charge >= 0.3 is 0 Å². The van der Waals surface area contributed by atoms with Crippen LogP contribution in [0, 0.1) is 0 Å². The van der Waals surface area contributed by atoms with Gasteiger partial charge in [0, 0.05) is 17.9 Å². The molecule has 1 aliphatic heterocycles. The van der Waals surface area contributed by atoms with Crippen molar-refractivity contribution < 1.29 is 14.7 Å². The Morgan fingerprint density at radius 1 is 1.38 bits per heavy atom. The molecule has 0 saturated carbocycles. The zero-order valence-corrected chi connectivity index (χ0v) is 9.45. The molecule has 2 rings (SSSR count). The van der Waals surface area contributed by atoms with E-state index in [1.165, 1.54) is 6.08 Å². The van der Waals surface area contributed by atoms with Crippen molar-refractivity contribution in [2.75, 3.05) is 5.32 Å². The molecule has 0 bridgehead atoms. The van der Waals surface area contributed by atoms with E-state index in [1.54, 1.807) is 17.2 Å². The molecule has 1 heterocycles. The molecule has 0 fully saturated rings.